The number of aliphatic imine (C=N–C) groups is 1. The van der Waals surface area contributed by atoms with Gasteiger partial charge < -0.3 is 5.73 Å². The van der Waals surface area contributed by atoms with Crippen molar-refractivity contribution in [3.05, 3.63) is 23.8 Å². The van der Waals surface area contributed by atoms with Crippen LogP contribution in [0.1, 0.15) is 11.4 Å². The normalized spacial score (nSPS) is 11.4. The SMILES string of the molecule is Cc1cnc(CN=C(N)NO)cn1. The Bertz CT molecular complexity index is 294. The molecule has 0 radical (unpaired) electrons. The quantitative estimate of drug-likeness (QED) is 0.327. The van der Waals surface area contributed by atoms with E-state index in [0.717, 1.165) is 5.69 Å². The maximum Gasteiger partial charge on any atom is 0.213 e. The van der Waals surface area contributed by atoms with Crippen molar-refractivity contribution in [2.24, 2.45) is 10.7 Å². The summed E-state index contributed by atoms with van der Waals surface area (Å²) in [5.74, 6) is -0.0395. The van der Waals surface area contributed by atoms with Gasteiger partial charge in [-0.25, -0.2) is 10.5 Å². The predicted octanol–water partition coefficient (Wildman–Crippen LogP) is -0.421. The van der Waals surface area contributed by atoms with Crippen LogP contribution in [0, 0.1) is 6.92 Å². The number of aromatic nitrogens is 2. The summed E-state index contributed by atoms with van der Waals surface area (Å²) < 4.78 is 0. The van der Waals surface area contributed by atoms with E-state index in [-0.39, 0.29) is 5.96 Å². The Kier molecular flexibility index (Phi) is 3.15. The molecule has 0 aliphatic carbocycles. The van der Waals surface area contributed by atoms with Crippen LogP contribution in [-0.2, 0) is 6.54 Å². The average molecular weight is 181 g/mol. The molecule has 13 heavy (non-hydrogen) atoms. The van der Waals surface area contributed by atoms with Crippen LogP contribution in [0.3, 0.4) is 0 Å². The third kappa shape index (κ3) is 3.04. The number of guanidine groups is 1. The molecule has 70 valence electrons. The highest BCUT2D eigenvalue weighted by molar-refractivity contribution is 5.76. The molecule has 0 saturated carbocycles. The van der Waals surface area contributed by atoms with Crippen molar-refractivity contribution in [3.8, 4) is 0 Å². The molecule has 0 saturated heterocycles. The third-order valence-corrected chi connectivity index (χ3v) is 1.36. The van der Waals surface area contributed by atoms with E-state index < -0.39 is 0 Å². The fourth-order valence-electron chi connectivity index (χ4n) is 0.702. The molecule has 0 fully saturated rings. The zero-order valence-corrected chi connectivity index (χ0v) is 7.23. The lowest BCUT2D eigenvalue weighted by atomic mass is 10.4. The van der Waals surface area contributed by atoms with Crippen LogP contribution >= 0.6 is 0 Å². The number of nitrogens with zero attached hydrogens (tertiary/aromatic N) is 3. The van der Waals surface area contributed by atoms with E-state index >= 15 is 0 Å². The zero-order chi connectivity index (χ0) is 9.68. The van der Waals surface area contributed by atoms with Crippen molar-refractivity contribution in [2.45, 2.75) is 13.5 Å². The van der Waals surface area contributed by atoms with Crippen molar-refractivity contribution in [1.82, 2.24) is 15.4 Å². The lowest BCUT2D eigenvalue weighted by Crippen LogP contribution is -2.28. The van der Waals surface area contributed by atoms with Gasteiger partial charge >= 0.3 is 0 Å². The number of rotatable bonds is 2. The first kappa shape index (κ1) is 9.40. The van der Waals surface area contributed by atoms with Gasteiger partial charge in [0.1, 0.15) is 0 Å². The Labute approximate surface area is 75.5 Å². The largest absolute Gasteiger partial charge is 0.368 e. The molecule has 0 aromatic carbocycles. The summed E-state index contributed by atoms with van der Waals surface area (Å²) in [5.41, 5.74) is 8.46. The van der Waals surface area contributed by atoms with E-state index in [0.29, 0.717) is 12.2 Å². The van der Waals surface area contributed by atoms with Crippen LogP contribution in [-0.4, -0.2) is 21.1 Å². The fourth-order valence-corrected chi connectivity index (χ4v) is 0.702. The van der Waals surface area contributed by atoms with Crippen molar-refractivity contribution >= 4 is 5.96 Å². The minimum atomic E-state index is -0.0395. The predicted molar refractivity (Wildman–Crippen MR) is 47.0 cm³/mol. The molecule has 1 aromatic heterocycles. The molecule has 1 heterocycles. The number of nitrogens with one attached hydrogen (secondary N) is 1. The van der Waals surface area contributed by atoms with E-state index in [2.05, 4.69) is 15.0 Å². The summed E-state index contributed by atoms with van der Waals surface area (Å²) in [6.45, 7) is 2.15. The molecular weight excluding hydrogens is 170 g/mol. The molecule has 0 aliphatic heterocycles. The van der Waals surface area contributed by atoms with Crippen molar-refractivity contribution < 1.29 is 5.21 Å². The second-order valence-corrected chi connectivity index (χ2v) is 2.46. The molecule has 4 N–H and O–H groups in total. The van der Waals surface area contributed by atoms with Gasteiger partial charge in [0.15, 0.2) is 0 Å². The van der Waals surface area contributed by atoms with Gasteiger partial charge in [0.25, 0.3) is 0 Å². The molecule has 0 aliphatic rings. The monoisotopic (exact) mass is 181 g/mol. The van der Waals surface area contributed by atoms with Crippen LogP contribution < -0.4 is 11.2 Å². The fraction of sp³-hybridized carbons (Fsp3) is 0.286. The number of hydroxylamine groups is 1. The summed E-state index contributed by atoms with van der Waals surface area (Å²) in [6.07, 6.45) is 3.26. The Morgan fingerprint density at radius 2 is 2.38 bits per heavy atom. The van der Waals surface area contributed by atoms with Gasteiger partial charge in [-0.2, -0.15) is 0 Å². The Balaban J connectivity index is 2.60. The van der Waals surface area contributed by atoms with E-state index in [4.69, 9.17) is 10.9 Å². The highest BCUT2D eigenvalue weighted by Gasteiger charge is 1.93. The minimum absolute atomic E-state index is 0.0395. The van der Waals surface area contributed by atoms with E-state index in [9.17, 15) is 0 Å². The lowest BCUT2D eigenvalue weighted by Gasteiger charge is -1.97. The molecule has 0 atom stereocenters. The van der Waals surface area contributed by atoms with Gasteiger partial charge in [0.2, 0.25) is 5.96 Å². The Hall–Kier alpha value is -1.69. The van der Waals surface area contributed by atoms with Gasteiger partial charge in [-0.05, 0) is 6.92 Å². The van der Waals surface area contributed by atoms with Crippen molar-refractivity contribution in [3.63, 3.8) is 0 Å². The summed E-state index contributed by atoms with van der Waals surface area (Å²) in [6, 6.07) is 0. The summed E-state index contributed by atoms with van der Waals surface area (Å²) in [4.78, 5) is 11.9. The third-order valence-electron chi connectivity index (χ3n) is 1.36. The number of hydrogen-bond donors (Lipinski definition) is 3. The van der Waals surface area contributed by atoms with E-state index in [1.54, 1.807) is 17.9 Å². The maximum atomic E-state index is 8.32. The molecule has 1 rings (SSSR count). The number of nitrogens with two attached hydrogens (primary N) is 1. The van der Waals surface area contributed by atoms with Crippen LogP contribution in [0.2, 0.25) is 0 Å². The van der Waals surface area contributed by atoms with Gasteiger partial charge in [-0.1, -0.05) is 0 Å². The average Bonchev–Trinajstić information content (AvgIpc) is 2.16. The van der Waals surface area contributed by atoms with Gasteiger partial charge in [0.05, 0.1) is 24.1 Å². The first-order valence-electron chi connectivity index (χ1n) is 3.70. The summed E-state index contributed by atoms with van der Waals surface area (Å²) in [5, 5.41) is 8.32. The molecule has 1 aromatic rings. The lowest BCUT2D eigenvalue weighted by molar-refractivity contribution is 0.232. The highest BCUT2D eigenvalue weighted by Crippen LogP contribution is 1.95. The van der Waals surface area contributed by atoms with Gasteiger partial charge in [0, 0.05) is 6.20 Å². The van der Waals surface area contributed by atoms with Crippen LogP contribution in [0.15, 0.2) is 17.4 Å². The summed E-state index contributed by atoms with van der Waals surface area (Å²) in [7, 11) is 0. The number of hydrogen-bond acceptors (Lipinski definition) is 4. The van der Waals surface area contributed by atoms with Crippen LogP contribution in [0.4, 0.5) is 0 Å². The van der Waals surface area contributed by atoms with E-state index in [1.165, 1.54) is 0 Å². The zero-order valence-electron chi connectivity index (χ0n) is 7.23. The molecule has 0 spiro atoms. The van der Waals surface area contributed by atoms with Crippen molar-refractivity contribution in [2.75, 3.05) is 0 Å². The Morgan fingerprint density at radius 1 is 1.62 bits per heavy atom. The van der Waals surface area contributed by atoms with Crippen LogP contribution in [0.25, 0.3) is 0 Å². The minimum Gasteiger partial charge on any atom is -0.368 e. The second-order valence-electron chi connectivity index (χ2n) is 2.46. The molecule has 0 amide bonds. The molecule has 6 nitrogen and oxygen atoms in total. The first-order valence-corrected chi connectivity index (χ1v) is 3.70. The van der Waals surface area contributed by atoms with Crippen LogP contribution in [0.5, 0.6) is 0 Å². The molecule has 6 heteroatoms. The maximum absolute atomic E-state index is 8.32. The smallest absolute Gasteiger partial charge is 0.213 e. The van der Waals surface area contributed by atoms with Gasteiger partial charge in [-0.3, -0.25) is 15.2 Å². The standard InChI is InChI=1S/C7H11N5O/c1-5-2-10-6(3-9-5)4-11-7(8)12-13/h2-3,13H,4H2,1H3,(H3,8,11,12). The second kappa shape index (κ2) is 4.36. The summed E-state index contributed by atoms with van der Waals surface area (Å²) >= 11 is 0. The number of aryl methyl sites for hydroxylation is 1. The van der Waals surface area contributed by atoms with Crippen molar-refractivity contribution in [1.29, 1.82) is 0 Å². The van der Waals surface area contributed by atoms with E-state index in [1.807, 2.05) is 6.92 Å². The Morgan fingerprint density at radius 3 is 2.92 bits per heavy atom. The molecule has 0 unspecified atom stereocenters. The topological polar surface area (TPSA) is 96.4 Å². The van der Waals surface area contributed by atoms with Gasteiger partial charge in [-0.15, -0.1) is 0 Å². The highest BCUT2D eigenvalue weighted by atomic mass is 16.5. The first-order chi connectivity index (χ1) is 6.22. The molecular formula is C7H11N5O. The molecule has 0 bridgehead atoms.